The molecule has 0 amide bonds. The molecule has 1 atom stereocenters. The summed E-state index contributed by atoms with van der Waals surface area (Å²) in [4.78, 5) is 0. The predicted molar refractivity (Wildman–Crippen MR) is 51.2 cm³/mol. The van der Waals surface area contributed by atoms with Gasteiger partial charge in [-0.3, -0.25) is 5.43 Å². The van der Waals surface area contributed by atoms with Gasteiger partial charge in [0.1, 0.15) is 5.66 Å². The molecule has 1 aromatic carbocycles. The molecule has 0 aromatic heterocycles. The fourth-order valence-electron chi connectivity index (χ4n) is 2.11. The second-order valence-corrected chi connectivity index (χ2v) is 3.69. The van der Waals surface area contributed by atoms with E-state index in [0.717, 1.165) is 18.6 Å². The Kier molecular flexibility index (Phi) is 1.15. The van der Waals surface area contributed by atoms with Crippen molar-refractivity contribution in [3.05, 3.63) is 35.4 Å². The van der Waals surface area contributed by atoms with Crippen molar-refractivity contribution in [3.8, 4) is 0 Å². The van der Waals surface area contributed by atoms with Gasteiger partial charge < -0.3 is 5.73 Å². The van der Waals surface area contributed by atoms with Crippen LogP contribution in [0.1, 0.15) is 24.0 Å². The van der Waals surface area contributed by atoms with Crippen molar-refractivity contribution >= 4 is 5.71 Å². The number of hydrogen-bond acceptors (Lipinski definition) is 3. The molecule has 2 bridgehead atoms. The second kappa shape index (κ2) is 2.12. The van der Waals surface area contributed by atoms with E-state index in [4.69, 9.17) is 5.73 Å². The third-order valence-electron chi connectivity index (χ3n) is 2.87. The van der Waals surface area contributed by atoms with Crippen molar-refractivity contribution in [3.63, 3.8) is 0 Å². The number of hydrogen-bond donors (Lipinski definition) is 2. The summed E-state index contributed by atoms with van der Waals surface area (Å²) < 4.78 is 0. The molecule has 0 fully saturated rings. The Balaban J connectivity index is 2.32. The van der Waals surface area contributed by atoms with E-state index in [1.165, 1.54) is 11.1 Å². The van der Waals surface area contributed by atoms with Crippen molar-refractivity contribution in [1.82, 2.24) is 5.43 Å². The summed E-state index contributed by atoms with van der Waals surface area (Å²) in [5.74, 6) is 0. The van der Waals surface area contributed by atoms with Gasteiger partial charge >= 0.3 is 0 Å². The Hall–Kier alpha value is -1.35. The van der Waals surface area contributed by atoms with E-state index in [1.807, 2.05) is 12.1 Å². The monoisotopic (exact) mass is 173 g/mol. The molecule has 13 heavy (non-hydrogen) atoms. The van der Waals surface area contributed by atoms with Crippen LogP contribution in [0.2, 0.25) is 0 Å². The van der Waals surface area contributed by atoms with Crippen molar-refractivity contribution in [2.75, 3.05) is 0 Å². The summed E-state index contributed by atoms with van der Waals surface area (Å²) in [6, 6.07) is 8.23. The summed E-state index contributed by atoms with van der Waals surface area (Å²) in [6.45, 7) is 0. The number of nitrogens with one attached hydrogen (secondary N) is 1. The van der Waals surface area contributed by atoms with Crippen LogP contribution in [0.25, 0.3) is 0 Å². The van der Waals surface area contributed by atoms with Crippen LogP contribution < -0.4 is 11.2 Å². The minimum atomic E-state index is -0.418. The Morgan fingerprint density at radius 2 is 2.23 bits per heavy atom. The number of benzene rings is 1. The van der Waals surface area contributed by atoms with Crippen LogP contribution in [0.5, 0.6) is 0 Å². The highest BCUT2D eigenvalue weighted by Gasteiger charge is 2.38. The summed E-state index contributed by atoms with van der Waals surface area (Å²) >= 11 is 0. The lowest BCUT2D eigenvalue weighted by Crippen LogP contribution is -2.55. The van der Waals surface area contributed by atoms with E-state index < -0.39 is 5.66 Å². The molecule has 3 heteroatoms. The van der Waals surface area contributed by atoms with Crippen LogP contribution in [0.4, 0.5) is 0 Å². The highest BCUT2D eigenvalue weighted by molar-refractivity contribution is 6.04. The Morgan fingerprint density at radius 1 is 1.38 bits per heavy atom. The van der Waals surface area contributed by atoms with Crippen LogP contribution in [-0.4, -0.2) is 5.71 Å². The average Bonchev–Trinajstić information content (AvgIpc) is 2.19. The zero-order valence-corrected chi connectivity index (χ0v) is 7.25. The van der Waals surface area contributed by atoms with Gasteiger partial charge in [0.15, 0.2) is 0 Å². The van der Waals surface area contributed by atoms with Gasteiger partial charge in [0.2, 0.25) is 0 Å². The number of nitrogens with zero attached hydrogens (tertiary/aromatic N) is 1. The molecule has 0 saturated heterocycles. The summed E-state index contributed by atoms with van der Waals surface area (Å²) in [5.41, 5.74) is 12.3. The van der Waals surface area contributed by atoms with E-state index >= 15 is 0 Å². The molecule has 3 aliphatic rings. The van der Waals surface area contributed by atoms with Gasteiger partial charge in [0, 0.05) is 11.1 Å². The third-order valence-corrected chi connectivity index (χ3v) is 2.87. The first kappa shape index (κ1) is 7.09. The number of rotatable bonds is 0. The van der Waals surface area contributed by atoms with Crippen molar-refractivity contribution in [2.45, 2.75) is 18.5 Å². The van der Waals surface area contributed by atoms with Gasteiger partial charge in [-0.15, -0.1) is 0 Å². The first-order valence-electron chi connectivity index (χ1n) is 4.52. The molecular weight excluding hydrogens is 162 g/mol. The molecule has 0 radical (unpaired) electrons. The van der Waals surface area contributed by atoms with E-state index in [-0.39, 0.29) is 0 Å². The summed E-state index contributed by atoms with van der Waals surface area (Å²) in [6.07, 6.45) is 1.93. The third kappa shape index (κ3) is 0.795. The van der Waals surface area contributed by atoms with Crippen LogP contribution >= 0.6 is 0 Å². The maximum atomic E-state index is 6.19. The molecule has 4 rings (SSSR count). The maximum Gasteiger partial charge on any atom is 0.129 e. The van der Waals surface area contributed by atoms with Gasteiger partial charge in [0.05, 0.1) is 5.71 Å². The molecule has 3 nitrogen and oxygen atoms in total. The van der Waals surface area contributed by atoms with Gasteiger partial charge in [-0.25, -0.2) is 0 Å². The second-order valence-electron chi connectivity index (χ2n) is 3.69. The Labute approximate surface area is 76.6 Å². The quantitative estimate of drug-likeness (QED) is 0.612. The van der Waals surface area contributed by atoms with Crippen LogP contribution in [-0.2, 0) is 5.66 Å². The molecule has 1 aliphatic carbocycles. The number of hydrazone groups is 1. The minimum absolute atomic E-state index is 0.418. The van der Waals surface area contributed by atoms with Crippen LogP contribution in [0.15, 0.2) is 29.4 Å². The van der Waals surface area contributed by atoms with Gasteiger partial charge in [0.25, 0.3) is 0 Å². The number of nitrogens with two attached hydrogens (primary N) is 1. The fourth-order valence-corrected chi connectivity index (χ4v) is 2.11. The summed E-state index contributed by atoms with van der Waals surface area (Å²) in [7, 11) is 0. The van der Waals surface area contributed by atoms with E-state index in [1.54, 1.807) is 0 Å². The molecule has 2 aliphatic heterocycles. The fraction of sp³-hybridized carbons (Fsp3) is 0.300. The van der Waals surface area contributed by atoms with Gasteiger partial charge in [-0.2, -0.15) is 5.10 Å². The molecule has 0 saturated carbocycles. The lowest BCUT2D eigenvalue weighted by atomic mass is 9.81. The topological polar surface area (TPSA) is 50.4 Å². The van der Waals surface area contributed by atoms with Crippen LogP contribution in [0.3, 0.4) is 0 Å². The van der Waals surface area contributed by atoms with Crippen molar-refractivity contribution in [1.29, 1.82) is 0 Å². The highest BCUT2D eigenvalue weighted by atomic mass is 15.4. The maximum absolute atomic E-state index is 6.19. The summed E-state index contributed by atoms with van der Waals surface area (Å²) in [5, 5.41) is 4.25. The van der Waals surface area contributed by atoms with Gasteiger partial charge in [-0.1, -0.05) is 24.3 Å². The molecule has 1 unspecified atom stereocenters. The zero-order chi connectivity index (χ0) is 8.89. The SMILES string of the molecule is NC12CCC(=NN1)c1ccccc12. The smallest absolute Gasteiger partial charge is 0.129 e. The predicted octanol–water partition coefficient (Wildman–Crippen LogP) is 0.899. The van der Waals surface area contributed by atoms with E-state index in [0.29, 0.717) is 0 Å². The van der Waals surface area contributed by atoms with Crippen molar-refractivity contribution in [2.24, 2.45) is 10.8 Å². The van der Waals surface area contributed by atoms with Crippen LogP contribution in [0, 0.1) is 0 Å². The minimum Gasteiger partial charge on any atom is -0.304 e. The Morgan fingerprint density at radius 3 is 2.92 bits per heavy atom. The van der Waals surface area contributed by atoms with Gasteiger partial charge in [-0.05, 0) is 12.8 Å². The highest BCUT2D eigenvalue weighted by Crippen LogP contribution is 2.34. The molecule has 66 valence electrons. The lowest BCUT2D eigenvalue weighted by Gasteiger charge is -2.40. The van der Waals surface area contributed by atoms with E-state index in [2.05, 4.69) is 22.7 Å². The molecule has 0 spiro atoms. The van der Waals surface area contributed by atoms with Crippen molar-refractivity contribution < 1.29 is 0 Å². The average molecular weight is 173 g/mol. The standard InChI is InChI=1S/C10H11N3/c11-10-6-5-9(12-13-10)7-3-1-2-4-8(7)10/h1-4,13H,5-6,11H2. The number of fused-ring (bicyclic) bond motifs is 2. The molecular formula is C10H11N3. The first-order chi connectivity index (χ1) is 6.30. The normalized spacial score (nSPS) is 29.2. The lowest BCUT2D eigenvalue weighted by molar-refractivity contribution is 0.307. The zero-order valence-electron chi connectivity index (χ0n) is 7.25. The first-order valence-corrected chi connectivity index (χ1v) is 4.52. The largest absolute Gasteiger partial charge is 0.304 e. The van der Waals surface area contributed by atoms with E-state index in [9.17, 15) is 0 Å². The molecule has 1 aromatic rings. The molecule has 3 N–H and O–H groups in total. The molecule has 2 heterocycles. The Bertz CT molecular complexity index is 397.